The van der Waals surface area contributed by atoms with E-state index in [-0.39, 0.29) is 18.0 Å². The minimum Gasteiger partial charge on any atom is -0.391 e. The molecule has 0 saturated carbocycles. The summed E-state index contributed by atoms with van der Waals surface area (Å²) in [5, 5.41) is 9.67. The molecule has 1 aliphatic heterocycles. The number of anilines is 1. The highest BCUT2D eigenvalue weighted by atomic mass is 19.1. The van der Waals surface area contributed by atoms with E-state index >= 15 is 0 Å². The Morgan fingerprint density at radius 1 is 1.53 bits per heavy atom. The molecule has 0 amide bonds. The summed E-state index contributed by atoms with van der Waals surface area (Å²) in [5.41, 5.74) is 7.23. The smallest absolute Gasteiger partial charge is 0.146 e. The Labute approximate surface area is 101 Å². The number of hydrogen-bond acceptors (Lipinski definition) is 3. The van der Waals surface area contributed by atoms with Crippen molar-refractivity contribution in [2.75, 3.05) is 18.0 Å². The predicted molar refractivity (Wildman–Crippen MR) is 66.5 cm³/mol. The number of nitrogens with zero attached hydrogens (tertiary/aromatic N) is 1. The number of benzene rings is 1. The zero-order chi connectivity index (χ0) is 12.4. The van der Waals surface area contributed by atoms with Crippen molar-refractivity contribution in [3.05, 3.63) is 29.6 Å². The first-order chi connectivity index (χ1) is 8.09. The van der Waals surface area contributed by atoms with Crippen LogP contribution in [0.15, 0.2) is 18.2 Å². The average Bonchev–Trinajstić information content (AvgIpc) is 2.28. The average molecular weight is 238 g/mol. The number of hydrogen-bond donors (Lipinski definition) is 2. The van der Waals surface area contributed by atoms with Crippen LogP contribution in [-0.4, -0.2) is 24.3 Å². The number of rotatable bonds is 2. The number of β-amino-alcohol motifs (C(OH)–C–C–N with tert-alkyl or cyclic N) is 1. The van der Waals surface area contributed by atoms with E-state index in [1.54, 1.807) is 6.07 Å². The fourth-order valence-corrected chi connectivity index (χ4v) is 2.39. The van der Waals surface area contributed by atoms with Gasteiger partial charge in [0.15, 0.2) is 0 Å². The minimum atomic E-state index is -0.371. The maximum atomic E-state index is 13.9. The topological polar surface area (TPSA) is 49.5 Å². The van der Waals surface area contributed by atoms with E-state index in [4.69, 9.17) is 5.73 Å². The lowest BCUT2D eigenvalue weighted by molar-refractivity contribution is 0.154. The lowest BCUT2D eigenvalue weighted by Crippen LogP contribution is -2.39. The number of aliphatic hydroxyl groups excluding tert-OH is 1. The third-order valence-electron chi connectivity index (χ3n) is 3.22. The van der Waals surface area contributed by atoms with Crippen LogP contribution >= 0.6 is 0 Å². The van der Waals surface area contributed by atoms with E-state index in [9.17, 15) is 9.50 Å². The highest BCUT2D eigenvalue weighted by Gasteiger charge is 2.23. The van der Waals surface area contributed by atoms with Crippen LogP contribution < -0.4 is 10.6 Å². The zero-order valence-corrected chi connectivity index (χ0v) is 10.1. The van der Waals surface area contributed by atoms with Gasteiger partial charge in [-0.25, -0.2) is 4.39 Å². The van der Waals surface area contributed by atoms with Crippen molar-refractivity contribution in [2.45, 2.75) is 31.9 Å². The van der Waals surface area contributed by atoms with Crippen LogP contribution in [0.3, 0.4) is 0 Å². The van der Waals surface area contributed by atoms with Gasteiger partial charge in [0.05, 0.1) is 11.8 Å². The maximum Gasteiger partial charge on any atom is 0.146 e. The first-order valence-corrected chi connectivity index (χ1v) is 6.06. The van der Waals surface area contributed by atoms with Crippen LogP contribution in [0.25, 0.3) is 0 Å². The van der Waals surface area contributed by atoms with E-state index in [0.717, 1.165) is 24.9 Å². The van der Waals surface area contributed by atoms with Gasteiger partial charge >= 0.3 is 0 Å². The molecule has 3 nitrogen and oxygen atoms in total. The van der Waals surface area contributed by atoms with Crippen molar-refractivity contribution in [2.24, 2.45) is 5.73 Å². The molecule has 0 spiro atoms. The van der Waals surface area contributed by atoms with Gasteiger partial charge in [0.2, 0.25) is 0 Å². The van der Waals surface area contributed by atoms with Gasteiger partial charge in [0, 0.05) is 19.1 Å². The van der Waals surface area contributed by atoms with E-state index in [2.05, 4.69) is 0 Å². The normalized spacial score (nSPS) is 22.6. The fraction of sp³-hybridized carbons (Fsp3) is 0.538. The summed E-state index contributed by atoms with van der Waals surface area (Å²) in [7, 11) is 0. The Balaban J connectivity index is 2.35. The van der Waals surface area contributed by atoms with Crippen molar-refractivity contribution in [3.63, 3.8) is 0 Å². The standard InChI is InChI=1S/C13H19FN2O/c1-9(15)11-5-2-6-12(14)13(11)16-7-3-4-10(17)8-16/h2,5-6,9-10,17H,3-4,7-8,15H2,1H3/t9-,10?/m1/s1. The van der Waals surface area contributed by atoms with E-state index in [0.29, 0.717) is 12.2 Å². The lowest BCUT2D eigenvalue weighted by atomic mass is 10.0. The molecular weight excluding hydrogens is 219 g/mol. The molecule has 1 saturated heterocycles. The highest BCUT2D eigenvalue weighted by molar-refractivity contribution is 5.56. The number of halogens is 1. The summed E-state index contributed by atoms with van der Waals surface area (Å²) in [6, 6.07) is 4.77. The SMILES string of the molecule is C[C@@H](N)c1cccc(F)c1N1CCCC(O)C1. The Morgan fingerprint density at radius 2 is 2.29 bits per heavy atom. The van der Waals surface area contributed by atoms with Crippen molar-refractivity contribution < 1.29 is 9.50 Å². The molecule has 2 atom stereocenters. The van der Waals surface area contributed by atoms with Crippen LogP contribution in [0.5, 0.6) is 0 Å². The quantitative estimate of drug-likeness (QED) is 0.826. The summed E-state index contributed by atoms with van der Waals surface area (Å²) < 4.78 is 13.9. The number of para-hydroxylation sites is 1. The van der Waals surface area contributed by atoms with Gasteiger partial charge in [-0.05, 0) is 31.4 Å². The second-order valence-corrected chi connectivity index (χ2v) is 4.71. The summed E-state index contributed by atoms with van der Waals surface area (Å²) >= 11 is 0. The molecule has 0 bridgehead atoms. The molecule has 94 valence electrons. The molecule has 2 rings (SSSR count). The molecule has 1 aliphatic rings. The minimum absolute atomic E-state index is 0.209. The largest absolute Gasteiger partial charge is 0.391 e. The van der Waals surface area contributed by atoms with Crippen LogP contribution in [0, 0.1) is 5.82 Å². The Hall–Kier alpha value is -1.13. The molecule has 1 fully saturated rings. The van der Waals surface area contributed by atoms with Gasteiger partial charge in [0.25, 0.3) is 0 Å². The second kappa shape index (κ2) is 5.02. The van der Waals surface area contributed by atoms with E-state index in [1.807, 2.05) is 17.9 Å². The molecule has 0 aromatic heterocycles. The van der Waals surface area contributed by atoms with Gasteiger partial charge in [0.1, 0.15) is 5.82 Å². The lowest BCUT2D eigenvalue weighted by Gasteiger charge is -2.34. The monoisotopic (exact) mass is 238 g/mol. The second-order valence-electron chi connectivity index (χ2n) is 4.71. The Bertz CT molecular complexity index is 395. The molecule has 3 N–H and O–H groups in total. The van der Waals surface area contributed by atoms with Crippen LogP contribution in [0.4, 0.5) is 10.1 Å². The molecule has 1 unspecified atom stereocenters. The van der Waals surface area contributed by atoms with Crippen LogP contribution in [-0.2, 0) is 0 Å². The third kappa shape index (κ3) is 2.58. The fourth-order valence-electron chi connectivity index (χ4n) is 2.39. The van der Waals surface area contributed by atoms with Gasteiger partial charge in [-0.3, -0.25) is 0 Å². The maximum absolute atomic E-state index is 13.9. The first kappa shape index (κ1) is 12.3. The summed E-state index contributed by atoms with van der Waals surface area (Å²) in [6.45, 7) is 3.11. The zero-order valence-electron chi connectivity index (χ0n) is 10.1. The molecule has 0 radical (unpaired) electrons. The summed E-state index contributed by atoms with van der Waals surface area (Å²) in [4.78, 5) is 1.90. The van der Waals surface area contributed by atoms with Gasteiger partial charge in [-0.15, -0.1) is 0 Å². The molecule has 1 aromatic rings. The van der Waals surface area contributed by atoms with Gasteiger partial charge in [-0.1, -0.05) is 12.1 Å². The highest BCUT2D eigenvalue weighted by Crippen LogP contribution is 2.30. The predicted octanol–water partition coefficient (Wildman–Crippen LogP) is 1.81. The first-order valence-electron chi connectivity index (χ1n) is 6.06. The van der Waals surface area contributed by atoms with Crippen LogP contribution in [0.1, 0.15) is 31.4 Å². The van der Waals surface area contributed by atoms with Gasteiger partial charge in [-0.2, -0.15) is 0 Å². The van der Waals surface area contributed by atoms with Crippen molar-refractivity contribution in [1.29, 1.82) is 0 Å². The number of piperidine rings is 1. The van der Waals surface area contributed by atoms with Crippen molar-refractivity contribution >= 4 is 5.69 Å². The van der Waals surface area contributed by atoms with E-state index < -0.39 is 0 Å². The third-order valence-corrected chi connectivity index (χ3v) is 3.22. The molecule has 1 heterocycles. The molecule has 0 aliphatic carbocycles. The van der Waals surface area contributed by atoms with Gasteiger partial charge < -0.3 is 15.7 Å². The molecular formula is C13H19FN2O. The Morgan fingerprint density at radius 3 is 2.94 bits per heavy atom. The van der Waals surface area contributed by atoms with Crippen molar-refractivity contribution in [1.82, 2.24) is 0 Å². The number of aliphatic hydroxyl groups is 1. The molecule has 4 heteroatoms. The van der Waals surface area contributed by atoms with Crippen LogP contribution in [0.2, 0.25) is 0 Å². The Kier molecular flexibility index (Phi) is 3.64. The number of nitrogens with two attached hydrogens (primary N) is 1. The molecule has 1 aromatic carbocycles. The summed E-state index contributed by atoms with van der Waals surface area (Å²) in [6.07, 6.45) is 1.30. The molecule has 17 heavy (non-hydrogen) atoms. The summed E-state index contributed by atoms with van der Waals surface area (Å²) in [5.74, 6) is -0.256. The van der Waals surface area contributed by atoms with E-state index in [1.165, 1.54) is 6.07 Å². The van der Waals surface area contributed by atoms with Crippen molar-refractivity contribution in [3.8, 4) is 0 Å².